The van der Waals surface area contributed by atoms with Crippen molar-refractivity contribution in [2.75, 3.05) is 12.3 Å². The number of carbonyl (C=O) groups excluding carboxylic acids is 1. The minimum Gasteiger partial charge on any atom is -0.355 e. The Hall–Kier alpha value is -2.33. The summed E-state index contributed by atoms with van der Waals surface area (Å²) in [6.45, 7) is 0.558. The van der Waals surface area contributed by atoms with Crippen molar-refractivity contribution in [3.05, 3.63) is 78.1 Å². The van der Waals surface area contributed by atoms with Crippen LogP contribution in [0.2, 0.25) is 0 Å². The Morgan fingerprint density at radius 3 is 2.50 bits per heavy atom. The van der Waals surface area contributed by atoms with E-state index in [-0.39, 0.29) is 11.7 Å². The van der Waals surface area contributed by atoms with Crippen LogP contribution in [0.3, 0.4) is 0 Å². The van der Waals surface area contributed by atoms with E-state index in [0.29, 0.717) is 18.7 Å². The van der Waals surface area contributed by atoms with E-state index in [9.17, 15) is 9.18 Å². The van der Waals surface area contributed by atoms with E-state index in [1.807, 2.05) is 18.2 Å². The largest absolute Gasteiger partial charge is 0.355 e. The molecule has 24 heavy (non-hydrogen) atoms. The van der Waals surface area contributed by atoms with Crippen molar-refractivity contribution in [2.24, 2.45) is 0 Å². The molecule has 0 saturated heterocycles. The Bertz CT molecular complexity index is 832. The average Bonchev–Trinajstić information content (AvgIpc) is 2.61. The fourth-order valence-electron chi connectivity index (χ4n) is 2.45. The van der Waals surface area contributed by atoms with E-state index in [2.05, 4.69) is 29.6 Å². The van der Waals surface area contributed by atoms with Crippen LogP contribution in [-0.2, 0) is 11.2 Å². The molecule has 4 heteroatoms. The summed E-state index contributed by atoms with van der Waals surface area (Å²) >= 11 is 1.53. The number of rotatable bonds is 6. The summed E-state index contributed by atoms with van der Waals surface area (Å²) in [5.41, 5.74) is 1.01. The highest BCUT2D eigenvalue weighted by atomic mass is 32.2. The summed E-state index contributed by atoms with van der Waals surface area (Å²) in [5, 5.41) is 5.28. The van der Waals surface area contributed by atoms with Crippen LogP contribution in [0.1, 0.15) is 5.56 Å². The first kappa shape index (κ1) is 16.5. The summed E-state index contributed by atoms with van der Waals surface area (Å²) in [6.07, 6.45) is 0.701. The molecule has 0 aromatic heterocycles. The van der Waals surface area contributed by atoms with Crippen LogP contribution in [0.4, 0.5) is 4.39 Å². The van der Waals surface area contributed by atoms with Crippen molar-refractivity contribution in [2.45, 2.75) is 11.3 Å². The number of thioether (sulfide) groups is 1. The van der Waals surface area contributed by atoms with E-state index >= 15 is 0 Å². The molecule has 0 aliphatic rings. The molecule has 1 amide bonds. The number of fused-ring (bicyclic) bond motifs is 1. The quantitative estimate of drug-likeness (QED) is 0.673. The highest BCUT2D eigenvalue weighted by Gasteiger charge is 2.04. The lowest BCUT2D eigenvalue weighted by Crippen LogP contribution is -2.27. The van der Waals surface area contributed by atoms with Crippen molar-refractivity contribution >= 4 is 28.4 Å². The third-order valence-corrected chi connectivity index (χ3v) is 4.73. The lowest BCUT2D eigenvalue weighted by Gasteiger charge is -2.06. The Morgan fingerprint density at radius 2 is 1.71 bits per heavy atom. The number of hydrogen-bond donors (Lipinski definition) is 1. The van der Waals surface area contributed by atoms with Gasteiger partial charge in [0.25, 0.3) is 0 Å². The predicted molar refractivity (Wildman–Crippen MR) is 97.8 cm³/mol. The van der Waals surface area contributed by atoms with Gasteiger partial charge >= 0.3 is 0 Å². The number of halogens is 1. The molecule has 0 heterocycles. The van der Waals surface area contributed by atoms with E-state index < -0.39 is 0 Å². The first-order chi connectivity index (χ1) is 11.7. The van der Waals surface area contributed by atoms with Gasteiger partial charge in [-0.2, -0.15) is 0 Å². The van der Waals surface area contributed by atoms with Crippen molar-refractivity contribution in [3.63, 3.8) is 0 Å². The normalized spacial score (nSPS) is 10.7. The first-order valence-electron chi connectivity index (χ1n) is 7.83. The van der Waals surface area contributed by atoms with Gasteiger partial charge < -0.3 is 5.32 Å². The predicted octanol–water partition coefficient (Wildman–Crippen LogP) is 4.43. The van der Waals surface area contributed by atoms with Gasteiger partial charge in [-0.25, -0.2) is 4.39 Å². The van der Waals surface area contributed by atoms with Crippen LogP contribution >= 0.6 is 11.8 Å². The SMILES string of the molecule is O=C(CSc1ccc2ccccc2c1)NCCc1ccc(F)cc1. The van der Waals surface area contributed by atoms with E-state index in [4.69, 9.17) is 0 Å². The van der Waals surface area contributed by atoms with Crippen molar-refractivity contribution in [1.82, 2.24) is 5.32 Å². The molecule has 0 aliphatic heterocycles. The monoisotopic (exact) mass is 339 g/mol. The Balaban J connectivity index is 1.45. The van der Waals surface area contributed by atoms with Gasteiger partial charge in [0.1, 0.15) is 5.82 Å². The summed E-state index contributed by atoms with van der Waals surface area (Å²) in [6, 6.07) is 20.8. The molecule has 2 nitrogen and oxygen atoms in total. The molecule has 0 bridgehead atoms. The molecule has 0 fully saturated rings. The fourth-order valence-corrected chi connectivity index (χ4v) is 3.23. The molecule has 1 N–H and O–H groups in total. The maximum atomic E-state index is 12.8. The molecule has 0 spiro atoms. The van der Waals surface area contributed by atoms with E-state index in [1.54, 1.807) is 12.1 Å². The molecule has 0 radical (unpaired) electrons. The summed E-state index contributed by atoms with van der Waals surface area (Å²) < 4.78 is 12.8. The number of hydrogen-bond acceptors (Lipinski definition) is 2. The Labute approximate surface area is 145 Å². The molecule has 0 atom stereocenters. The lowest BCUT2D eigenvalue weighted by molar-refractivity contribution is -0.118. The van der Waals surface area contributed by atoms with Gasteiger partial charge in [0, 0.05) is 11.4 Å². The van der Waals surface area contributed by atoms with Gasteiger partial charge in [-0.3, -0.25) is 4.79 Å². The Morgan fingerprint density at radius 1 is 0.958 bits per heavy atom. The van der Waals surface area contributed by atoms with Crippen LogP contribution in [-0.4, -0.2) is 18.2 Å². The van der Waals surface area contributed by atoms with E-state index in [0.717, 1.165) is 10.5 Å². The summed E-state index contributed by atoms with van der Waals surface area (Å²) in [7, 11) is 0. The second-order valence-electron chi connectivity index (χ2n) is 5.52. The van der Waals surface area contributed by atoms with Gasteiger partial charge in [0.05, 0.1) is 5.75 Å². The van der Waals surface area contributed by atoms with Gasteiger partial charge in [-0.15, -0.1) is 11.8 Å². The van der Waals surface area contributed by atoms with Crippen LogP contribution < -0.4 is 5.32 Å². The molecular formula is C20H18FNOS. The summed E-state index contributed by atoms with van der Waals surface area (Å²) in [5.74, 6) is 0.159. The molecule has 3 aromatic carbocycles. The number of nitrogens with one attached hydrogen (secondary N) is 1. The minimum atomic E-state index is -0.241. The van der Waals surface area contributed by atoms with Crippen molar-refractivity contribution < 1.29 is 9.18 Å². The van der Waals surface area contributed by atoms with Gasteiger partial charge in [-0.1, -0.05) is 42.5 Å². The number of amides is 1. The standard InChI is InChI=1S/C20H18FNOS/c21-18-8-5-15(6-9-18)11-12-22-20(23)14-24-19-10-7-16-3-1-2-4-17(16)13-19/h1-10,13H,11-12,14H2,(H,22,23). The van der Waals surface area contributed by atoms with Crippen molar-refractivity contribution in [1.29, 1.82) is 0 Å². The second-order valence-corrected chi connectivity index (χ2v) is 6.57. The lowest BCUT2D eigenvalue weighted by atomic mass is 10.1. The maximum absolute atomic E-state index is 12.8. The highest BCUT2D eigenvalue weighted by molar-refractivity contribution is 8.00. The molecule has 0 aliphatic carbocycles. The maximum Gasteiger partial charge on any atom is 0.230 e. The molecule has 3 rings (SSSR count). The van der Waals surface area contributed by atoms with Gasteiger partial charge in [-0.05, 0) is 47.0 Å². The first-order valence-corrected chi connectivity index (χ1v) is 8.82. The summed E-state index contributed by atoms with van der Waals surface area (Å²) in [4.78, 5) is 13.0. The molecule has 0 unspecified atom stereocenters. The smallest absolute Gasteiger partial charge is 0.230 e. The van der Waals surface area contributed by atoms with Crippen molar-refractivity contribution in [3.8, 4) is 0 Å². The second kappa shape index (κ2) is 7.97. The third-order valence-electron chi connectivity index (χ3n) is 3.74. The van der Waals surface area contributed by atoms with Gasteiger partial charge in [0.2, 0.25) is 5.91 Å². The van der Waals surface area contributed by atoms with Crippen LogP contribution in [0, 0.1) is 5.82 Å². The zero-order valence-electron chi connectivity index (χ0n) is 13.2. The molecule has 3 aromatic rings. The number of benzene rings is 3. The topological polar surface area (TPSA) is 29.1 Å². The fraction of sp³-hybridized carbons (Fsp3) is 0.150. The van der Waals surface area contributed by atoms with Crippen LogP contribution in [0.25, 0.3) is 10.8 Å². The highest BCUT2D eigenvalue weighted by Crippen LogP contribution is 2.23. The molecule has 122 valence electrons. The van der Waals surface area contributed by atoms with E-state index in [1.165, 1.54) is 34.7 Å². The zero-order valence-corrected chi connectivity index (χ0v) is 14.0. The zero-order chi connectivity index (χ0) is 16.8. The van der Waals surface area contributed by atoms with Crippen LogP contribution in [0.15, 0.2) is 71.6 Å². The Kier molecular flexibility index (Phi) is 5.49. The third kappa shape index (κ3) is 4.59. The molecular weight excluding hydrogens is 321 g/mol. The minimum absolute atomic E-state index is 0.00951. The average molecular weight is 339 g/mol. The van der Waals surface area contributed by atoms with Crippen LogP contribution in [0.5, 0.6) is 0 Å². The molecule has 0 saturated carbocycles. The van der Waals surface area contributed by atoms with Gasteiger partial charge in [0.15, 0.2) is 0 Å². The number of carbonyl (C=O) groups is 1.